The SMILES string of the molecule is C/C=C\[C@@H]([C@H](O)c1ccccc1)[Si](C)(C)C. The van der Waals surface area contributed by atoms with Crippen molar-refractivity contribution >= 4 is 8.07 Å². The minimum atomic E-state index is -1.39. The number of rotatable bonds is 4. The van der Waals surface area contributed by atoms with E-state index in [0.29, 0.717) is 0 Å². The van der Waals surface area contributed by atoms with E-state index in [1.54, 1.807) is 0 Å². The highest BCUT2D eigenvalue weighted by Crippen LogP contribution is 2.36. The molecule has 0 amide bonds. The molecule has 0 unspecified atom stereocenters. The summed E-state index contributed by atoms with van der Waals surface area (Å²) in [6.07, 6.45) is 3.84. The average Bonchev–Trinajstić information content (AvgIpc) is 2.25. The molecule has 0 spiro atoms. The molecule has 0 saturated carbocycles. The van der Waals surface area contributed by atoms with Gasteiger partial charge in [-0.3, -0.25) is 0 Å². The zero-order valence-corrected chi connectivity index (χ0v) is 11.6. The largest absolute Gasteiger partial charge is 0.388 e. The fourth-order valence-electron chi connectivity index (χ4n) is 1.93. The van der Waals surface area contributed by atoms with E-state index in [-0.39, 0.29) is 11.6 Å². The van der Waals surface area contributed by atoms with Gasteiger partial charge in [-0.1, -0.05) is 62.1 Å². The summed E-state index contributed by atoms with van der Waals surface area (Å²) in [5.41, 5.74) is 1.30. The van der Waals surface area contributed by atoms with E-state index in [9.17, 15) is 5.11 Å². The predicted octanol–water partition coefficient (Wildman–Crippen LogP) is 4.00. The van der Waals surface area contributed by atoms with Gasteiger partial charge in [-0.2, -0.15) is 0 Å². The Morgan fingerprint density at radius 3 is 2.12 bits per heavy atom. The zero-order chi connectivity index (χ0) is 12.2. The predicted molar refractivity (Wildman–Crippen MR) is 73.3 cm³/mol. The summed E-state index contributed by atoms with van der Waals surface area (Å²) in [4.78, 5) is 0. The molecule has 0 radical (unpaired) electrons. The van der Waals surface area contributed by atoms with Crippen molar-refractivity contribution in [1.29, 1.82) is 0 Å². The molecule has 88 valence electrons. The second kappa shape index (κ2) is 5.46. The molecule has 1 aromatic rings. The Kier molecular flexibility index (Phi) is 4.51. The Bertz CT molecular complexity index is 338. The van der Waals surface area contributed by atoms with Crippen LogP contribution in [0.3, 0.4) is 0 Å². The summed E-state index contributed by atoms with van der Waals surface area (Å²) in [7, 11) is -1.39. The Morgan fingerprint density at radius 1 is 1.12 bits per heavy atom. The van der Waals surface area contributed by atoms with Gasteiger partial charge in [0.05, 0.1) is 14.2 Å². The molecule has 1 N–H and O–H groups in total. The lowest BCUT2D eigenvalue weighted by molar-refractivity contribution is 0.179. The number of aliphatic hydroxyl groups is 1. The number of hydrogen-bond donors (Lipinski definition) is 1. The van der Waals surface area contributed by atoms with E-state index in [4.69, 9.17) is 0 Å². The van der Waals surface area contributed by atoms with E-state index in [1.807, 2.05) is 37.3 Å². The van der Waals surface area contributed by atoms with Crippen LogP contribution < -0.4 is 0 Å². The molecule has 1 nitrogen and oxygen atoms in total. The number of allylic oxidation sites excluding steroid dienone is 1. The first-order valence-corrected chi connectivity index (χ1v) is 9.40. The number of benzene rings is 1. The van der Waals surface area contributed by atoms with E-state index in [0.717, 1.165) is 5.56 Å². The van der Waals surface area contributed by atoms with Crippen LogP contribution in [-0.2, 0) is 0 Å². The Labute approximate surface area is 99.8 Å². The fourth-order valence-corrected chi connectivity index (χ4v) is 3.84. The molecule has 0 aliphatic rings. The maximum Gasteiger partial charge on any atom is 0.0828 e. The maximum absolute atomic E-state index is 10.4. The van der Waals surface area contributed by atoms with Gasteiger partial charge in [-0.05, 0) is 12.5 Å². The highest BCUT2D eigenvalue weighted by Gasteiger charge is 2.31. The Balaban J connectivity index is 2.97. The summed E-state index contributed by atoms with van der Waals surface area (Å²) in [5.74, 6) is 0. The Hall–Kier alpha value is -0.863. The molecule has 0 bridgehead atoms. The normalized spacial score (nSPS) is 16.3. The van der Waals surface area contributed by atoms with Gasteiger partial charge >= 0.3 is 0 Å². The molecular weight excluding hydrogens is 212 g/mol. The summed E-state index contributed by atoms with van der Waals surface area (Å²) >= 11 is 0. The first kappa shape index (κ1) is 13.2. The summed E-state index contributed by atoms with van der Waals surface area (Å²) in [5, 5.41) is 10.4. The maximum atomic E-state index is 10.4. The van der Waals surface area contributed by atoms with Crippen molar-refractivity contribution in [3.05, 3.63) is 48.0 Å². The van der Waals surface area contributed by atoms with Crippen molar-refractivity contribution in [3.8, 4) is 0 Å². The molecule has 2 heteroatoms. The fraction of sp³-hybridized carbons (Fsp3) is 0.429. The average molecular weight is 234 g/mol. The summed E-state index contributed by atoms with van der Waals surface area (Å²) in [6, 6.07) is 9.95. The highest BCUT2D eigenvalue weighted by molar-refractivity contribution is 6.78. The molecule has 0 aliphatic carbocycles. The second-order valence-corrected chi connectivity index (χ2v) is 10.7. The van der Waals surface area contributed by atoms with Gasteiger partial charge in [0.2, 0.25) is 0 Å². The van der Waals surface area contributed by atoms with E-state index in [1.165, 1.54) is 0 Å². The van der Waals surface area contributed by atoms with Gasteiger partial charge in [-0.15, -0.1) is 0 Å². The van der Waals surface area contributed by atoms with Crippen LogP contribution in [0.15, 0.2) is 42.5 Å². The summed E-state index contributed by atoms with van der Waals surface area (Å²) < 4.78 is 0. The third-order valence-corrected chi connectivity index (χ3v) is 5.39. The van der Waals surface area contributed by atoms with Gasteiger partial charge < -0.3 is 5.11 Å². The van der Waals surface area contributed by atoms with Gasteiger partial charge in [0.15, 0.2) is 0 Å². The first-order valence-electron chi connectivity index (χ1n) is 5.82. The smallest absolute Gasteiger partial charge is 0.0828 e. The van der Waals surface area contributed by atoms with Crippen molar-refractivity contribution < 1.29 is 5.11 Å². The van der Waals surface area contributed by atoms with Crippen molar-refractivity contribution in [2.24, 2.45) is 0 Å². The third kappa shape index (κ3) is 3.32. The van der Waals surface area contributed by atoms with Crippen LogP contribution in [0, 0.1) is 0 Å². The molecule has 0 aromatic heterocycles. The second-order valence-electron chi connectivity index (χ2n) is 5.27. The molecule has 0 aliphatic heterocycles. The first-order chi connectivity index (χ1) is 7.46. The minimum Gasteiger partial charge on any atom is -0.388 e. The van der Waals surface area contributed by atoms with Gasteiger partial charge in [0, 0.05) is 5.54 Å². The molecule has 0 fully saturated rings. The topological polar surface area (TPSA) is 20.2 Å². The standard InChI is InChI=1S/C14H22OSi/c1-5-9-13(16(2,3)4)14(15)12-10-7-6-8-11-12/h5-11,13-15H,1-4H3/b9-5-/t13-,14+/m0/s1. The zero-order valence-electron chi connectivity index (χ0n) is 10.6. The van der Waals surface area contributed by atoms with Crippen LogP contribution in [-0.4, -0.2) is 13.2 Å². The van der Waals surface area contributed by atoms with Crippen LogP contribution >= 0.6 is 0 Å². The van der Waals surface area contributed by atoms with Crippen molar-refractivity contribution in [3.63, 3.8) is 0 Å². The van der Waals surface area contributed by atoms with Crippen LogP contribution in [0.2, 0.25) is 25.2 Å². The number of aliphatic hydroxyl groups excluding tert-OH is 1. The lowest BCUT2D eigenvalue weighted by Crippen LogP contribution is -2.31. The summed E-state index contributed by atoms with van der Waals surface area (Å²) in [6.45, 7) is 8.91. The van der Waals surface area contributed by atoms with Crippen LogP contribution in [0.4, 0.5) is 0 Å². The Morgan fingerprint density at radius 2 is 1.69 bits per heavy atom. The van der Waals surface area contributed by atoms with Crippen molar-refractivity contribution in [2.45, 2.75) is 38.2 Å². The number of hydrogen-bond acceptors (Lipinski definition) is 1. The minimum absolute atomic E-state index is 0.278. The lowest BCUT2D eigenvalue weighted by atomic mass is 10.1. The van der Waals surface area contributed by atoms with Crippen molar-refractivity contribution in [1.82, 2.24) is 0 Å². The molecule has 1 aromatic carbocycles. The van der Waals surface area contributed by atoms with E-state index in [2.05, 4.69) is 31.8 Å². The van der Waals surface area contributed by atoms with E-state index >= 15 is 0 Å². The van der Waals surface area contributed by atoms with Crippen molar-refractivity contribution in [2.75, 3.05) is 0 Å². The lowest BCUT2D eigenvalue weighted by Gasteiger charge is -2.31. The molecule has 1 rings (SSSR count). The van der Waals surface area contributed by atoms with Crippen LogP contribution in [0.25, 0.3) is 0 Å². The molecule has 0 heterocycles. The third-order valence-electron chi connectivity index (χ3n) is 2.88. The molecule has 2 atom stereocenters. The quantitative estimate of drug-likeness (QED) is 0.616. The van der Waals surface area contributed by atoms with Gasteiger partial charge in [0.25, 0.3) is 0 Å². The van der Waals surface area contributed by atoms with Gasteiger partial charge in [0.1, 0.15) is 0 Å². The van der Waals surface area contributed by atoms with Crippen LogP contribution in [0.1, 0.15) is 18.6 Å². The molecular formula is C14H22OSi. The highest BCUT2D eigenvalue weighted by atomic mass is 28.3. The monoisotopic (exact) mass is 234 g/mol. The van der Waals surface area contributed by atoms with Crippen LogP contribution in [0.5, 0.6) is 0 Å². The molecule has 16 heavy (non-hydrogen) atoms. The molecule has 0 saturated heterocycles. The van der Waals surface area contributed by atoms with Gasteiger partial charge in [-0.25, -0.2) is 0 Å². The van der Waals surface area contributed by atoms with E-state index < -0.39 is 8.07 Å².